The summed E-state index contributed by atoms with van der Waals surface area (Å²) in [5, 5.41) is 12.1. The quantitative estimate of drug-likeness (QED) is 0.409. The zero-order valence-corrected chi connectivity index (χ0v) is 11.9. The monoisotopic (exact) mass is 303 g/mol. The number of phenolic OH excluding ortho intramolecular Hbond substituents is 1. The highest BCUT2D eigenvalue weighted by molar-refractivity contribution is 6.14. The zero-order chi connectivity index (χ0) is 15.6. The minimum atomic E-state index is -0.655. The van der Waals surface area contributed by atoms with E-state index in [4.69, 9.17) is 4.74 Å². The van der Waals surface area contributed by atoms with Crippen LogP contribution in [0.2, 0.25) is 0 Å². The number of aromatic hydroxyl groups is 1. The van der Waals surface area contributed by atoms with E-state index in [2.05, 4.69) is 4.98 Å². The molecular weight excluding hydrogens is 293 g/mol. The van der Waals surface area contributed by atoms with Crippen molar-refractivity contribution in [1.82, 2.24) is 4.98 Å². The normalized spacial score (nSPS) is 12.2. The van der Waals surface area contributed by atoms with Crippen molar-refractivity contribution in [2.24, 2.45) is 0 Å². The number of hydrogen-bond acceptors (Lipinski definition) is 3. The predicted octanol–water partition coefficient (Wildman–Crippen LogP) is 5.01. The molecular formula is C19H10FNO2. The number of phenols is 1. The topological polar surface area (TPSA) is 42.4 Å². The van der Waals surface area contributed by atoms with Gasteiger partial charge < -0.3 is 9.84 Å². The summed E-state index contributed by atoms with van der Waals surface area (Å²) in [4.78, 5) is 4.67. The highest BCUT2D eigenvalue weighted by Gasteiger charge is 2.22. The molecule has 4 aromatic rings. The molecule has 0 saturated carbocycles. The Morgan fingerprint density at radius 2 is 1.74 bits per heavy atom. The molecule has 0 aliphatic carbocycles. The molecule has 110 valence electrons. The summed E-state index contributed by atoms with van der Waals surface area (Å²) < 4.78 is 19.8. The van der Waals surface area contributed by atoms with E-state index in [0.29, 0.717) is 16.7 Å². The molecule has 5 rings (SSSR count). The molecule has 1 aliphatic heterocycles. The first kappa shape index (κ1) is 12.4. The smallest absolute Gasteiger partial charge is 0.165 e. The highest BCUT2D eigenvalue weighted by Crippen LogP contribution is 2.47. The van der Waals surface area contributed by atoms with Gasteiger partial charge in [0.15, 0.2) is 11.6 Å². The van der Waals surface area contributed by atoms with Crippen LogP contribution in [-0.2, 0) is 0 Å². The molecule has 0 saturated heterocycles. The lowest BCUT2D eigenvalue weighted by molar-refractivity contribution is 0.433. The van der Waals surface area contributed by atoms with Crippen molar-refractivity contribution in [3.63, 3.8) is 0 Å². The molecule has 0 atom stereocenters. The molecule has 2 heterocycles. The zero-order valence-electron chi connectivity index (χ0n) is 11.9. The van der Waals surface area contributed by atoms with Crippen LogP contribution in [0.1, 0.15) is 0 Å². The Labute approximate surface area is 130 Å². The molecule has 0 radical (unpaired) electrons. The number of pyridine rings is 1. The maximum Gasteiger partial charge on any atom is 0.165 e. The Bertz CT molecular complexity index is 1120. The number of hydrogen-bond donors (Lipinski definition) is 1. The second-order valence-corrected chi connectivity index (χ2v) is 5.56. The van der Waals surface area contributed by atoms with Crippen LogP contribution in [0, 0.1) is 5.82 Å². The van der Waals surface area contributed by atoms with Crippen LogP contribution in [-0.4, -0.2) is 10.1 Å². The summed E-state index contributed by atoms with van der Waals surface area (Å²) in [7, 11) is 0. The Morgan fingerprint density at radius 1 is 0.913 bits per heavy atom. The molecule has 23 heavy (non-hydrogen) atoms. The van der Waals surface area contributed by atoms with Crippen LogP contribution in [0.25, 0.3) is 32.9 Å². The minimum absolute atomic E-state index is 0.395. The van der Waals surface area contributed by atoms with Gasteiger partial charge in [-0.2, -0.15) is 0 Å². The molecule has 4 heteroatoms. The van der Waals surface area contributed by atoms with Crippen LogP contribution in [0.3, 0.4) is 0 Å². The third-order valence-corrected chi connectivity index (χ3v) is 4.21. The molecule has 0 spiro atoms. The van der Waals surface area contributed by atoms with Gasteiger partial charge in [0.1, 0.15) is 11.5 Å². The molecule has 3 nitrogen and oxygen atoms in total. The lowest BCUT2D eigenvalue weighted by Gasteiger charge is -2.21. The number of aromatic nitrogens is 1. The van der Waals surface area contributed by atoms with Gasteiger partial charge in [0.05, 0.1) is 16.6 Å². The first-order valence-electron chi connectivity index (χ1n) is 7.24. The third-order valence-electron chi connectivity index (χ3n) is 4.21. The Kier molecular flexibility index (Phi) is 2.26. The largest absolute Gasteiger partial charge is 0.505 e. The predicted molar refractivity (Wildman–Crippen MR) is 86.4 cm³/mol. The molecule has 0 fully saturated rings. The number of nitrogens with zero attached hydrogens (tertiary/aromatic N) is 1. The Hall–Kier alpha value is -3.14. The van der Waals surface area contributed by atoms with Crippen LogP contribution >= 0.6 is 0 Å². The standard InChI is InChI=1S/C19H10FNO2/c20-13-8-12-10-5-3-7-17-18(10)19(21-14(12)9-15(13)22)11-4-1-2-6-16(11)23-17/h1-9,22H. The average Bonchev–Trinajstić information content (AvgIpc) is 2.57. The van der Waals surface area contributed by atoms with Crippen molar-refractivity contribution in [2.45, 2.75) is 0 Å². The van der Waals surface area contributed by atoms with Crippen molar-refractivity contribution < 1.29 is 14.2 Å². The second kappa shape index (κ2) is 4.20. The van der Waals surface area contributed by atoms with Crippen molar-refractivity contribution in [2.75, 3.05) is 0 Å². The summed E-state index contributed by atoms with van der Waals surface area (Å²) >= 11 is 0. The summed E-state index contributed by atoms with van der Waals surface area (Å²) in [6, 6.07) is 16.0. The van der Waals surface area contributed by atoms with Crippen molar-refractivity contribution in [3.8, 4) is 28.5 Å². The van der Waals surface area contributed by atoms with E-state index in [1.54, 1.807) is 0 Å². The second-order valence-electron chi connectivity index (χ2n) is 5.56. The minimum Gasteiger partial charge on any atom is -0.505 e. The van der Waals surface area contributed by atoms with Crippen molar-refractivity contribution in [3.05, 3.63) is 60.4 Å². The molecule has 1 N–H and O–H groups in total. The van der Waals surface area contributed by atoms with Crippen LogP contribution in [0.4, 0.5) is 4.39 Å². The number of halogens is 1. The van der Waals surface area contributed by atoms with Gasteiger partial charge in [-0.1, -0.05) is 24.3 Å². The van der Waals surface area contributed by atoms with Crippen molar-refractivity contribution in [1.29, 1.82) is 0 Å². The van der Waals surface area contributed by atoms with Gasteiger partial charge in [-0.05, 0) is 29.7 Å². The van der Waals surface area contributed by atoms with E-state index in [0.717, 1.165) is 27.8 Å². The van der Waals surface area contributed by atoms with E-state index in [1.807, 2.05) is 42.5 Å². The maximum atomic E-state index is 13.8. The molecule has 0 amide bonds. The summed E-state index contributed by atoms with van der Waals surface area (Å²) in [5.41, 5.74) is 2.23. The Balaban J connectivity index is 2.04. The van der Waals surface area contributed by atoms with E-state index in [-0.39, 0.29) is 0 Å². The van der Waals surface area contributed by atoms with Crippen molar-refractivity contribution >= 4 is 21.7 Å². The van der Waals surface area contributed by atoms with Crippen LogP contribution < -0.4 is 4.74 Å². The SMILES string of the molecule is Oc1cc2nc3c4c(cccc4c2cc1F)Oc1ccccc1-3. The Morgan fingerprint density at radius 3 is 2.65 bits per heavy atom. The van der Waals surface area contributed by atoms with Gasteiger partial charge in [0, 0.05) is 17.0 Å². The molecule has 0 unspecified atom stereocenters. The van der Waals surface area contributed by atoms with Gasteiger partial charge in [0.25, 0.3) is 0 Å². The summed E-state index contributed by atoms with van der Waals surface area (Å²) in [5.74, 6) is 0.398. The molecule has 1 aliphatic rings. The lowest BCUT2D eigenvalue weighted by Crippen LogP contribution is -1.99. The number of benzene rings is 3. The highest BCUT2D eigenvalue weighted by atomic mass is 19.1. The van der Waals surface area contributed by atoms with Gasteiger partial charge in [0.2, 0.25) is 0 Å². The summed E-state index contributed by atoms with van der Waals surface area (Å²) in [6.45, 7) is 0. The van der Waals surface area contributed by atoms with Gasteiger partial charge in [-0.15, -0.1) is 0 Å². The van der Waals surface area contributed by atoms with E-state index < -0.39 is 11.6 Å². The summed E-state index contributed by atoms with van der Waals surface area (Å²) in [6.07, 6.45) is 0. The fraction of sp³-hybridized carbons (Fsp3) is 0. The molecule has 1 aromatic heterocycles. The van der Waals surface area contributed by atoms with Gasteiger partial charge >= 0.3 is 0 Å². The van der Waals surface area contributed by atoms with Crippen LogP contribution in [0.5, 0.6) is 17.2 Å². The maximum absolute atomic E-state index is 13.8. The fourth-order valence-electron chi connectivity index (χ4n) is 3.18. The van der Waals surface area contributed by atoms with E-state index in [1.165, 1.54) is 12.1 Å². The van der Waals surface area contributed by atoms with E-state index in [9.17, 15) is 9.50 Å². The number of fused-ring (bicyclic) bond motifs is 4. The van der Waals surface area contributed by atoms with Gasteiger partial charge in [-0.3, -0.25) is 0 Å². The van der Waals surface area contributed by atoms with E-state index >= 15 is 0 Å². The number of rotatable bonds is 0. The van der Waals surface area contributed by atoms with Crippen LogP contribution in [0.15, 0.2) is 54.6 Å². The first-order valence-corrected chi connectivity index (χ1v) is 7.24. The number of para-hydroxylation sites is 1. The molecule has 3 aromatic carbocycles. The van der Waals surface area contributed by atoms with Gasteiger partial charge in [-0.25, -0.2) is 9.37 Å². The third kappa shape index (κ3) is 1.60. The molecule has 0 bridgehead atoms. The average molecular weight is 303 g/mol. The first-order chi connectivity index (χ1) is 11.2. The number of ether oxygens (including phenoxy) is 1. The fourth-order valence-corrected chi connectivity index (χ4v) is 3.18. The lowest BCUT2D eigenvalue weighted by atomic mass is 9.97.